The van der Waals surface area contributed by atoms with Crippen LogP contribution in [0.25, 0.3) is 0 Å². The summed E-state index contributed by atoms with van der Waals surface area (Å²) in [6.45, 7) is 3.33. The second-order valence-corrected chi connectivity index (χ2v) is 3.03. The van der Waals surface area contributed by atoms with Gasteiger partial charge in [-0.25, -0.2) is 9.63 Å². The second kappa shape index (κ2) is 8.22. The molecule has 1 N–H and O–H groups in total. The first-order chi connectivity index (χ1) is 7.97. The summed E-state index contributed by atoms with van der Waals surface area (Å²) in [5, 5.41) is 17.0. The van der Waals surface area contributed by atoms with Crippen molar-refractivity contribution in [3.8, 4) is 0 Å². The van der Waals surface area contributed by atoms with Gasteiger partial charge in [-0.2, -0.15) is 0 Å². The minimum absolute atomic E-state index is 0.00629. The summed E-state index contributed by atoms with van der Waals surface area (Å²) in [7, 11) is 0. The van der Waals surface area contributed by atoms with Crippen LogP contribution < -0.4 is 0 Å². The summed E-state index contributed by atoms with van der Waals surface area (Å²) in [6.07, 6.45) is 0.373. The van der Waals surface area contributed by atoms with Gasteiger partial charge < -0.3 is 9.84 Å². The summed E-state index contributed by atoms with van der Waals surface area (Å²) in [5.74, 6) is -2.00. The van der Waals surface area contributed by atoms with Crippen LogP contribution in [0, 0.1) is 10.1 Å². The summed E-state index contributed by atoms with van der Waals surface area (Å²) < 4.78 is 4.68. The standard InChI is InChI=1S/C9H13NO7/c1-7(6-8(12)17-10(14)15)9(13)16-5-3-2-4-11/h11H,1-6H2. The number of ether oxygens (including phenoxy) is 1. The number of aliphatic hydroxyl groups is 1. The van der Waals surface area contributed by atoms with Gasteiger partial charge in [-0.05, 0) is 12.8 Å². The van der Waals surface area contributed by atoms with Crippen molar-refractivity contribution in [1.82, 2.24) is 0 Å². The second-order valence-electron chi connectivity index (χ2n) is 3.03. The number of carbonyl (C=O) groups is 2. The fraction of sp³-hybridized carbons (Fsp3) is 0.556. The molecule has 0 aromatic rings. The SMILES string of the molecule is C=C(CC(=O)O[N+](=O)[O-])C(=O)OCCCCO. The number of unbranched alkanes of at least 4 members (excludes halogenated alkanes) is 1. The number of nitrogens with zero attached hydrogens (tertiary/aromatic N) is 1. The highest BCUT2D eigenvalue weighted by Crippen LogP contribution is 2.04. The maximum absolute atomic E-state index is 11.2. The summed E-state index contributed by atoms with van der Waals surface area (Å²) in [5.41, 5.74) is -0.221. The Hall–Kier alpha value is -1.96. The predicted octanol–water partition coefficient (Wildman–Crippen LogP) is -0.0167. The van der Waals surface area contributed by atoms with E-state index in [-0.39, 0.29) is 18.8 Å². The van der Waals surface area contributed by atoms with Crippen LogP contribution in [-0.4, -0.2) is 35.3 Å². The fourth-order valence-corrected chi connectivity index (χ4v) is 0.843. The van der Waals surface area contributed by atoms with Crippen LogP contribution in [0.5, 0.6) is 0 Å². The quantitative estimate of drug-likeness (QED) is 0.210. The molecule has 0 heterocycles. The molecule has 0 atom stereocenters. The van der Waals surface area contributed by atoms with Crippen molar-refractivity contribution >= 4 is 11.9 Å². The Kier molecular flexibility index (Phi) is 7.27. The van der Waals surface area contributed by atoms with Crippen molar-refractivity contribution < 1.29 is 29.4 Å². The maximum atomic E-state index is 11.2. The highest BCUT2D eigenvalue weighted by molar-refractivity contribution is 5.93. The van der Waals surface area contributed by atoms with E-state index in [1.54, 1.807) is 0 Å². The Bertz CT molecular complexity index is 312. The van der Waals surface area contributed by atoms with E-state index in [0.717, 1.165) is 0 Å². The van der Waals surface area contributed by atoms with Gasteiger partial charge >= 0.3 is 17.0 Å². The molecule has 0 saturated carbocycles. The minimum Gasteiger partial charge on any atom is -0.462 e. The van der Waals surface area contributed by atoms with Gasteiger partial charge in [0.05, 0.1) is 13.0 Å². The average Bonchev–Trinajstić information content (AvgIpc) is 2.22. The molecule has 8 heteroatoms. The molecule has 0 amide bonds. The summed E-state index contributed by atoms with van der Waals surface area (Å²) in [4.78, 5) is 35.3. The van der Waals surface area contributed by atoms with Crippen molar-refractivity contribution in [2.24, 2.45) is 0 Å². The lowest BCUT2D eigenvalue weighted by molar-refractivity contribution is -0.729. The van der Waals surface area contributed by atoms with Crippen molar-refractivity contribution in [2.75, 3.05) is 13.2 Å². The molecule has 8 nitrogen and oxygen atoms in total. The molecule has 0 rings (SSSR count). The van der Waals surface area contributed by atoms with E-state index in [2.05, 4.69) is 16.2 Å². The molecule has 0 fully saturated rings. The van der Waals surface area contributed by atoms with Gasteiger partial charge in [-0.3, -0.25) is 4.79 Å². The fourth-order valence-electron chi connectivity index (χ4n) is 0.843. The maximum Gasteiger partial charge on any atom is 0.333 e. The molecule has 0 aliphatic carbocycles. The van der Waals surface area contributed by atoms with Crippen molar-refractivity contribution in [1.29, 1.82) is 0 Å². The molecule has 0 aliphatic rings. The van der Waals surface area contributed by atoms with Gasteiger partial charge in [-0.1, -0.05) is 6.58 Å². The largest absolute Gasteiger partial charge is 0.462 e. The number of carbonyl (C=O) groups excluding carboxylic acids is 2. The van der Waals surface area contributed by atoms with Gasteiger partial charge in [0.25, 0.3) is 0 Å². The van der Waals surface area contributed by atoms with Crippen LogP contribution in [0.3, 0.4) is 0 Å². The van der Waals surface area contributed by atoms with E-state index < -0.39 is 23.4 Å². The van der Waals surface area contributed by atoms with Crippen molar-refractivity contribution in [2.45, 2.75) is 19.3 Å². The topological polar surface area (TPSA) is 116 Å². The van der Waals surface area contributed by atoms with E-state index in [1.165, 1.54) is 0 Å². The third-order valence-corrected chi connectivity index (χ3v) is 1.61. The zero-order chi connectivity index (χ0) is 13.3. The molecular formula is C9H13NO7. The minimum atomic E-state index is -1.26. The van der Waals surface area contributed by atoms with Crippen LogP contribution in [0.15, 0.2) is 12.2 Å². The number of hydrogen-bond donors (Lipinski definition) is 1. The molecule has 0 aromatic heterocycles. The molecule has 0 aliphatic heterocycles. The predicted molar refractivity (Wildman–Crippen MR) is 54.1 cm³/mol. The first-order valence-corrected chi connectivity index (χ1v) is 4.78. The number of hydrogen-bond acceptors (Lipinski definition) is 7. The van der Waals surface area contributed by atoms with E-state index in [4.69, 9.17) is 5.11 Å². The molecule has 17 heavy (non-hydrogen) atoms. The van der Waals surface area contributed by atoms with E-state index in [9.17, 15) is 19.7 Å². The highest BCUT2D eigenvalue weighted by atomic mass is 17.0. The monoisotopic (exact) mass is 247 g/mol. The lowest BCUT2D eigenvalue weighted by Crippen LogP contribution is -2.15. The Balaban J connectivity index is 3.85. The lowest BCUT2D eigenvalue weighted by atomic mass is 10.2. The average molecular weight is 247 g/mol. The zero-order valence-corrected chi connectivity index (χ0v) is 9.09. The Morgan fingerprint density at radius 1 is 1.35 bits per heavy atom. The van der Waals surface area contributed by atoms with E-state index >= 15 is 0 Å². The van der Waals surface area contributed by atoms with Crippen molar-refractivity contribution in [3.05, 3.63) is 22.3 Å². The molecule has 0 aromatic carbocycles. The highest BCUT2D eigenvalue weighted by Gasteiger charge is 2.15. The molecule has 0 bridgehead atoms. The van der Waals surface area contributed by atoms with Gasteiger partial charge in [0.15, 0.2) is 0 Å². The third-order valence-electron chi connectivity index (χ3n) is 1.61. The van der Waals surface area contributed by atoms with E-state index in [0.29, 0.717) is 12.8 Å². The van der Waals surface area contributed by atoms with Crippen LogP contribution >= 0.6 is 0 Å². The van der Waals surface area contributed by atoms with Crippen molar-refractivity contribution in [3.63, 3.8) is 0 Å². The first-order valence-electron chi connectivity index (χ1n) is 4.78. The van der Waals surface area contributed by atoms with Crippen LogP contribution in [0.4, 0.5) is 0 Å². The number of rotatable bonds is 8. The summed E-state index contributed by atoms with van der Waals surface area (Å²) in [6, 6.07) is 0. The third kappa shape index (κ3) is 7.91. The van der Waals surface area contributed by atoms with Gasteiger partial charge in [-0.15, -0.1) is 10.1 Å². The first kappa shape index (κ1) is 15.0. The molecule has 96 valence electrons. The molecular weight excluding hydrogens is 234 g/mol. The van der Waals surface area contributed by atoms with Crippen LogP contribution in [-0.2, 0) is 19.2 Å². The molecule has 0 saturated heterocycles. The summed E-state index contributed by atoms with van der Waals surface area (Å²) >= 11 is 0. The molecule has 0 radical (unpaired) electrons. The Morgan fingerprint density at radius 2 is 2.00 bits per heavy atom. The Morgan fingerprint density at radius 3 is 2.53 bits per heavy atom. The van der Waals surface area contributed by atoms with Crippen LogP contribution in [0.2, 0.25) is 0 Å². The van der Waals surface area contributed by atoms with Gasteiger partial charge in [0, 0.05) is 12.2 Å². The zero-order valence-electron chi connectivity index (χ0n) is 9.09. The van der Waals surface area contributed by atoms with Gasteiger partial charge in [0.1, 0.15) is 0 Å². The number of esters is 1. The molecule has 0 spiro atoms. The van der Waals surface area contributed by atoms with Crippen LogP contribution in [0.1, 0.15) is 19.3 Å². The normalized spacial score (nSPS) is 9.47. The lowest BCUT2D eigenvalue weighted by Gasteiger charge is -2.05. The smallest absolute Gasteiger partial charge is 0.333 e. The molecule has 0 unspecified atom stereocenters. The van der Waals surface area contributed by atoms with E-state index in [1.807, 2.05) is 0 Å². The Labute approximate surface area is 96.9 Å². The number of aliphatic hydroxyl groups excluding tert-OH is 1. The van der Waals surface area contributed by atoms with Gasteiger partial charge in [0.2, 0.25) is 0 Å².